The second-order valence-electron chi connectivity index (χ2n) is 4.78. The third-order valence-electron chi connectivity index (χ3n) is 3.12. The van der Waals surface area contributed by atoms with Crippen molar-refractivity contribution in [1.82, 2.24) is 9.88 Å². The number of nitrogens with zero attached hydrogens (tertiary/aromatic N) is 3. The van der Waals surface area contributed by atoms with Crippen molar-refractivity contribution in [3.8, 4) is 0 Å². The van der Waals surface area contributed by atoms with E-state index in [4.69, 9.17) is 0 Å². The van der Waals surface area contributed by atoms with E-state index in [0.717, 1.165) is 35.4 Å². The van der Waals surface area contributed by atoms with Crippen LogP contribution in [0, 0.1) is 6.92 Å². The Morgan fingerprint density at radius 1 is 1.45 bits per heavy atom. The molecular formula is C14H21N3OS2. The first-order valence-corrected chi connectivity index (χ1v) is 9.00. The lowest BCUT2D eigenvalue weighted by molar-refractivity contribution is 0.0854. The van der Waals surface area contributed by atoms with E-state index >= 15 is 0 Å². The van der Waals surface area contributed by atoms with Crippen LogP contribution >= 0.6 is 23.1 Å². The molecule has 0 atom stereocenters. The Morgan fingerprint density at radius 2 is 2.30 bits per heavy atom. The molecule has 0 unspecified atom stereocenters. The molecule has 1 aromatic heterocycles. The van der Waals surface area contributed by atoms with Gasteiger partial charge in [0.05, 0.1) is 5.01 Å². The fraction of sp³-hybridized carbons (Fsp3) is 0.643. The summed E-state index contributed by atoms with van der Waals surface area (Å²) in [6.45, 7) is 5.69. The number of amides is 1. The summed E-state index contributed by atoms with van der Waals surface area (Å²) < 4.78 is 0. The monoisotopic (exact) mass is 311 g/mol. The first-order valence-electron chi connectivity index (χ1n) is 7.13. The number of carbonyl (C=O) groups excluding carboxylic acids is 1. The highest BCUT2D eigenvalue weighted by atomic mass is 32.2. The van der Waals surface area contributed by atoms with Crippen molar-refractivity contribution in [1.29, 1.82) is 0 Å². The van der Waals surface area contributed by atoms with E-state index in [-0.39, 0.29) is 5.91 Å². The Kier molecular flexibility index (Phi) is 6.04. The van der Waals surface area contributed by atoms with E-state index in [2.05, 4.69) is 16.9 Å². The topological polar surface area (TPSA) is 45.6 Å². The molecule has 4 nitrogen and oxygen atoms in total. The highest BCUT2D eigenvalue weighted by Crippen LogP contribution is 2.21. The van der Waals surface area contributed by atoms with Gasteiger partial charge in [-0.3, -0.25) is 14.7 Å². The molecule has 110 valence electrons. The number of amidine groups is 1. The lowest BCUT2D eigenvalue weighted by atomic mass is 10.2. The molecule has 1 aromatic rings. The van der Waals surface area contributed by atoms with Crippen LogP contribution in [0.15, 0.2) is 10.4 Å². The van der Waals surface area contributed by atoms with E-state index in [1.54, 1.807) is 16.7 Å². The highest BCUT2D eigenvalue weighted by Gasteiger charge is 2.27. The summed E-state index contributed by atoms with van der Waals surface area (Å²) in [7, 11) is 0. The number of carbonyl (C=O) groups is 1. The number of thiazole rings is 1. The van der Waals surface area contributed by atoms with Crippen LogP contribution in [0.2, 0.25) is 0 Å². The van der Waals surface area contributed by atoms with Crippen LogP contribution < -0.4 is 0 Å². The van der Waals surface area contributed by atoms with Crippen molar-refractivity contribution >= 4 is 34.2 Å². The van der Waals surface area contributed by atoms with Gasteiger partial charge in [-0.1, -0.05) is 37.9 Å². The molecule has 0 spiro atoms. The van der Waals surface area contributed by atoms with Crippen molar-refractivity contribution in [2.24, 2.45) is 4.99 Å². The second-order valence-corrected chi connectivity index (χ2v) is 6.91. The van der Waals surface area contributed by atoms with Crippen LogP contribution in [-0.2, 0) is 0 Å². The maximum absolute atomic E-state index is 12.4. The SMILES string of the molecule is CCCCCCN=C1SCCN1C(=O)c1csc(C)n1. The lowest BCUT2D eigenvalue weighted by Gasteiger charge is -2.14. The average Bonchev–Trinajstić information content (AvgIpc) is 3.07. The number of aromatic nitrogens is 1. The van der Waals surface area contributed by atoms with Crippen molar-refractivity contribution in [3.05, 3.63) is 16.1 Å². The molecule has 0 radical (unpaired) electrons. The number of rotatable bonds is 6. The van der Waals surface area contributed by atoms with Gasteiger partial charge in [0.1, 0.15) is 5.69 Å². The molecule has 1 amide bonds. The number of hydrogen-bond donors (Lipinski definition) is 0. The molecule has 20 heavy (non-hydrogen) atoms. The molecule has 1 saturated heterocycles. The minimum absolute atomic E-state index is 0.00772. The van der Waals surface area contributed by atoms with Crippen LogP contribution in [0.3, 0.4) is 0 Å². The van der Waals surface area contributed by atoms with Gasteiger partial charge in [-0.15, -0.1) is 11.3 Å². The fourth-order valence-corrected chi connectivity index (χ4v) is 3.59. The van der Waals surface area contributed by atoms with E-state index < -0.39 is 0 Å². The summed E-state index contributed by atoms with van der Waals surface area (Å²) in [6, 6.07) is 0. The molecule has 1 fully saturated rings. The highest BCUT2D eigenvalue weighted by molar-refractivity contribution is 8.14. The zero-order valence-electron chi connectivity index (χ0n) is 12.1. The maximum Gasteiger partial charge on any atom is 0.279 e. The van der Waals surface area contributed by atoms with Gasteiger partial charge >= 0.3 is 0 Å². The summed E-state index contributed by atoms with van der Waals surface area (Å²) in [5, 5.41) is 3.63. The van der Waals surface area contributed by atoms with Crippen molar-refractivity contribution in [2.45, 2.75) is 39.5 Å². The maximum atomic E-state index is 12.4. The molecule has 0 saturated carbocycles. The predicted molar refractivity (Wildman–Crippen MR) is 86.8 cm³/mol. The molecule has 0 N–H and O–H groups in total. The first kappa shape index (κ1) is 15.5. The number of aryl methyl sites for hydroxylation is 1. The summed E-state index contributed by atoms with van der Waals surface area (Å²) in [5.41, 5.74) is 0.550. The molecule has 1 aliphatic rings. The van der Waals surface area contributed by atoms with Crippen molar-refractivity contribution < 1.29 is 4.79 Å². The first-order chi connectivity index (χ1) is 9.72. The van der Waals surface area contributed by atoms with Gasteiger partial charge in [-0.05, 0) is 13.3 Å². The minimum Gasteiger partial charge on any atom is -0.285 e. The molecule has 6 heteroatoms. The Balaban J connectivity index is 1.93. The van der Waals surface area contributed by atoms with Crippen LogP contribution in [0.25, 0.3) is 0 Å². The van der Waals surface area contributed by atoms with Crippen molar-refractivity contribution in [2.75, 3.05) is 18.8 Å². The molecule has 0 bridgehead atoms. The summed E-state index contributed by atoms with van der Waals surface area (Å²) in [4.78, 5) is 23.0. The lowest BCUT2D eigenvalue weighted by Crippen LogP contribution is -2.32. The fourth-order valence-electron chi connectivity index (χ4n) is 2.03. The Morgan fingerprint density at radius 3 is 3.00 bits per heavy atom. The largest absolute Gasteiger partial charge is 0.285 e. The summed E-state index contributed by atoms with van der Waals surface area (Å²) in [5.74, 6) is 0.925. The van der Waals surface area contributed by atoms with E-state index in [1.165, 1.54) is 30.6 Å². The Bertz CT molecular complexity index is 485. The number of thioether (sulfide) groups is 1. The predicted octanol–water partition coefficient (Wildman–Crippen LogP) is 3.58. The second kappa shape index (κ2) is 7.78. The molecule has 2 rings (SSSR count). The number of hydrogen-bond acceptors (Lipinski definition) is 5. The van der Waals surface area contributed by atoms with Crippen LogP contribution in [0.4, 0.5) is 0 Å². The van der Waals surface area contributed by atoms with Gasteiger partial charge < -0.3 is 0 Å². The summed E-state index contributed by atoms with van der Waals surface area (Å²) in [6.07, 6.45) is 4.82. The molecule has 0 aromatic carbocycles. The minimum atomic E-state index is -0.00772. The molecular weight excluding hydrogens is 290 g/mol. The quantitative estimate of drug-likeness (QED) is 0.754. The van der Waals surface area contributed by atoms with E-state index in [9.17, 15) is 4.79 Å². The zero-order chi connectivity index (χ0) is 14.4. The van der Waals surface area contributed by atoms with Crippen LogP contribution in [-0.4, -0.2) is 39.8 Å². The molecule has 1 aliphatic heterocycles. The molecule has 2 heterocycles. The number of aliphatic imine (C=N–C) groups is 1. The van der Waals surface area contributed by atoms with Crippen molar-refractivity contribution in [3.63, 3.8) is 0 Å². The van der Waals surface area contributed by atoms with Gasteiger partial charge in [-0.25, -0.2) is 4.98 Å². The third-order valence-corrected chi connectivity index (χ3v) is 4.89. The van der Waals surface area contributed by atoms with Crippen LogP contribution in [0.1, 0.15) is 48.1 Å². The van der Waals surface area contributed by atoms with E-state index in [0.29, 0.717) is 5.69 Å². The Hall–Kier alpha value is -0.880. The van der Waals surface area contributed by atoms with Gasteiger partial charge in [-0.2, -0.15) is 0 Å². The van der Waals surface area contributed by atoms with Gasteiger partial charge in [0.25, 0.3) is 5.91 Å². The van der Waals surface area contributed by atoms with E-state index in [1.807, 2.05) is 12.3 Å². The molecule has 0 aliphatic carbocycles. The normalized spacial score (nSPS) is 17.1. The third kappa shape index (κ3) is 4.06. The smallest absolute Gasteiger partial charge is 0.279 e. The number of unbranched alkanes of at least 4 members (excludes halogenated alkanes) is 3. The Labute approximate surface area is 128 Å². The van der Waals surface area contributed by atoms with Gasteiger partial charge in [0.2, 0.25) is 0 Å². The van der Waals surface area contributed by atoms with Crippen LogP contribution in [0.5, 0.6) is 0 Å². The van der Waals surface area contributed by atoms with Gasteiger partial charge in [0.15, 0.2) is 5.17 Å². The average molecular weight is 311 g/mol. The standard InChI is InChI=1S/C14H21N3OS2/c1-3-4-5-6-7-15-14-17(8-9-19-14)13(18)12-10-20-11(2)16-12/h10H,3-9H2,1-2H3. The zero-order valence-corrected chi connectivity index (χ0v) is 13.7. The van der Waals surface area contributed by atoms with Gasteiger partial charge in [0, 0.05) is 24.2 Å². The summed E-state index contributed by atoms with van der Waals surface area (Å²) >= 11 is 3.19.